The van der Waals surface area contributed by atoms with Crippen LogP contribution in [-0.2, 0) is 6.54 Å². The van der Waals surface area contributed by atoms with Gasteiger partial charge in [0.1, 0.15) is 5.75 Å². The normalized spacial score (nSPS) is 15.2. The van der Waals surface area contributed by atoms with Crippen molar-refractivity contribution >= 4 is 16.9 Å². The summed E-state index contributed by atoms with van der Waals surface area (Å²) >= 11 is 0. The van der Waals surface area contributed by atoms with E-state index in [0.29, 0.717) is 13.2 Å². The average molecular weight is 365 g/mol. The maximum Gasteiger partial charge on any atom is 0.252 e. The van der Waals surface area contributed by atoms with E-state index in [1.165, 1.54) is 0 Å². The summed E-state index contributed by atoms with van der Waals surface area (Å²) in [5.74, 6) is 1.59. The van der Waals surface area contributed by atoms with Crippen molar-refractivity contribution in [3.05, 3.63) is 58.6 Å². The number of ether oxygens (including phenoxy) is 1. The van der Waals surface area contributed by atoms with Crippen molar-refractivity contribution in [1.82, 2.24) is 19.9 Å². The quantitative estimate of drug-likeness (QED) is 0.746. The Morgan fingerprint density at radius 3 is 2.63 bits per heavy atom. The standard InChI is InChI=1S/C20H23N5O2/c1-2-27-17-4-5-18-15(13-17)12-16(19(26)23-18)14-24-8-10-25(11-9-24)20-21-6-3-7-22-20/h3-7,12-13H,2,8-11,14H2,1H3,(H,23,26). The van der Waals surface area contributed by atoms with Crippen LogP contribution in [0.25, 0.3) is 10.9 Å². The van der Waals surface area contributed by atoms with Gasteiger partial charge in [-0.05, 0) is 37.3 Å². The summed E-state index contributed by atoms with van der Waals surface area (Å²) < 4.78 is 5.57. The van der Waals surface area contributed by atoms with Gasteiger partial charge in [-0.3, -0.25) is 9.69 Å². The number of piperazine rings is 1. The lowest BCUT2D eigenvalue weighted by molar-refractivity contribution is 0.248. The fourth-order valence-electron chi connectivity index (χ4n) is 3.41. The van der Waals surface area contributed by atoms with Gasteiger partial charge in [0, 0.05) is 61.6 Å². The van der Waals surface area contributed by atoms with Crippen molar-refractivity contribution in [1.29, 1.82) is 0 Å². The van der Waals surface area contributed by atoms with Gasteiger partial charge in [-0.25, -0.2) is 9.97 Å². The molecule has 4 rings (SSSR count). The lowest BCUT2D eigenvalue weighted by Gasteiger charge is -2.34. The van der Waals surface area contributed by atoms with Crippen LogP contribution in [0, 0.1) is 0 Å². The molecule has 1 N–H and O–H groups in total. The number of anilines is 1. The van der Waals surface area contributed by atoms with E-state index in [1.807, 2.05) is 37.3 Å². The van der Waals surface area contributed by atoms with Crippen LogP contribution in [0.4, 0.5) is 5.95 Å². The number of hydrogen-bond donors (Lipinski definition) is 1. The molecule has 0 bridgehead atoms. The molecule has 1 fully saturated rings. The van der Waals surface area contributed by atoms with E-state index in [2.05, 4.69) is 24.8 Å². The zero-order chi connectivity index (χ0) is 18.6. The van der Waals surface area contributed by atoms with E-state index in [1.54, 1.807) is 12.4 Å². The van der Waals surface area contributed by atoms with Crippen LogP contribution in [0.15, 0.2) is 47.5 Å². The van der Waals surface area contributed by atoms with E-state index in [9.17, 15) is 4.79 Å². The van der Waals surface area contributed by atoms with Gasteiger partial charge in [0.2, 0.25) is 5.95 Å². The Bertz CT molecular complexity index is 965. The summed E-state index contributed by atoms with van der Waals surface area (Å²) in [7, 11) is 0. The molecular formula is C20H23N5O2. The molecule has 3 heterocycles. The fourth-order valence-corrected chi connectivity index (χ4v) is 3.41. The van der Waals surface area contributed by atoms with E-state index < -0.39 is 0 Å². The molecular weight excluding hydrogens is 342 g/mol. The number of nitrogens with one attached hydrogen (secondary N) is 1. The zero-order valence-corrected chi connectivity index (χ0v) is 15.4. The minimum absolute atomic E-state index is 0.0273. The lowest BCUT2D eigenvalue weighted by Crippen LogP contribution is -2.47. The molecule has 0 saturated carbocycles. The van der Waals surface area contributed by atoms with E-state index in [0.717, 1.165) is 54.3 Å². The second-order valence-electron chi connectivity index (χ2n) is 6.62. The Balaban J connectivity index is 1.47. The number of H-pyrrole nitrogens is 1. The topological polar surface area (TPSA) is 74.4 Å². The second-order valence-corrected chi connectivity index (χ2v) is 6.62. The first-order valence-electron chi connectivity index (χ1n) is 9.26. The SMILES string of the molecule is CCOc1ccc2[nH]c(=O)c(CN3CCN(c4ncccn4)CC3)cc2c1. The van der Waals surface area contributed by atoms with Crippen LogP contribution < -0.4 is 15.2 Å². The van der Waals surface area contributed by atoms with Crippen LogP contribution in [0.1, 0.15) is 12.5 Å². The Kier molecular flexibility index (Phi) is 5.02. The van der Waals surface area contributed by atoms with Gasteiger partial charge in [0.25, 0.3) is 5.56 Å². The molecule has 0 atom stereocenters. The van der Waals surface area contributed by atoms with Gasteiger partial charge in [-0.2, -0.15) is 0 Å². The van der Waals surface area contributed by atoms with Crippen molar-refractivity contribution in [2.24, 2.45) is 0 Å². The highest BCUT2D eigenvalue weighted by Gasteiger charge is 2.19. The highest BCUT2D eigenvalue weighted by Crippen LogP contribution is 2.20. The summed E-state index contributed by atoms with van der Waals surface area (Å²) in [4.78, 5) is 28.5. The minimum atomic E-state index is -0.0273. The van der Waals surface area contributed by atoms with Crippen molar-refractivity contribution in [3.63, 3.8) is 0 Å². The maximum absolute atomic E-state index is 12.5. The number of fused-ring (bicyclic) bond motifs is 1. The molecule has 27 heavy (non-hydrogen) atoms. The molecule has 1 aliphatic rings. The fraction of sp³-hybridized carbons (Fsp3) is 0.350. The summed E-state index contributed by atoms with van der Waals surface area (Å²) in [6, 6.07) is 9.55. The van der Waals surface area contributed by atoms with Gasteiger partial charge in [-0.1, -0.05) is 0 Å². The van der Waals surface area contributed by atoms with Crippen molar-refractivity contribution in [2.75, 3.05) is 37.7 Å². The molecule has 0 amide bonds. The number of rotatable bonds is 5. The third-order valence-corrected chi connectivity index (χ3v) is 4.80. The van der Waals surface area contributed by atoms with E-state index in [-0.39, 0.29) is 5.56 Å². The third-order valence-electron chi connectivity index (χ3n) is 4.80. The Hall–Kier alpha value is -2.93. The van der Waals surface area contributed by atoms with Crippen LogP contribution in [0.5, 0.6) is 5.75 Å². The molecule has 140 valence electrons. The molecule has 3 aromatic rings. The third kappa shape index (κ3) is 3.93. The van der Waals surface area contributed by atoms with Gasteiger partial charge in [0.05, 0.1) is 6.61 Å². The number of nitrogens with zero attached hydrogens (tertiary/aromatic N) is 4. The largest absolute Gasteiger partial charge is 0.494 e. The number of aromatic nitrogens is 3. The van der Waals surface area contributed by atoms with Crippen LogP contribution in [0.3, 0.4) is 0 Å². The minimum Gasteiger partial charge on any atom is -0.494 e. The smallest absolute Gasteiger partial charge is 0.252 e. The first-order chi connectivity index (χ1) is 13.2. The number of pyridine rings is 1. The molecule has 0 unspecified atom stereocenters. The highest BCUT2D eigenvalue weighted by atomic mass is 16.5. The van der Waals surface area contributed by atoms with Gasteiger partial charge in [-0.15, -0.1) is 0 Å². The monoisotopic (exact) mass is 365 g/mol. The molecule has 0 radical (unpaired) electrons. The Morgan fingerprint density at radius 1 is 1.11 bits per heavy atom. The molecule has 2 aromatic heterocycles. The lowest BCUT2D eigenvalue weighted by atomic mass is 10.1. The highest BCUT2D eigenvalue weighted by molar-refractivity contribution is 5.80. The second kappa shape index (κ2) is 7.75. The predicted molar refractivity (Wildman–Crippen MR) is 105 cm³/mol. The number of aromatic amines is 1. The number of benzene rings is 1. The van der Waals surface area contributed by atoms with Gasteiger partial charge >= 0.3 is 0 Å². The predicted octanol–water partition coefficient (Wildman–Crippen LogP) is 2.04. The Morgan fingerprint density at radius 2 is 1.89 bits per heavy atom. The average Bonchev–Trinajstić information content (AvgIpc) is 2.70. The maximum atomic E-state index is 12.5. The molecule has 1 aromatic carbocycles. The first-order valence-corrected chi connectivity index (χ1v) is 9.26. The summed E-state index contributed by atoms with van der Waals surface area (Å²) in [6.07, 6.45) is 3.53. The van der Waals surface area contributed by atoms with Gasteiger partial charge in [0.15, 0.2) is 0 Å². The molecule has 0 spiro atoms. The molecule has 0 aliphatic carbocycles. The van der Waals surface area contributed by atoms with Crippen LogP contribution >= 0.6 is 0 Å². The van der Waals surface area contributed by atoms with Gasteiger partial charge < -0.3 is 14.6 Å². The van der Waals surface area contributed by atoms with Crippen LogP contribution in [0.2, 0.25) is 0 Å². The summed E-state index contributed by atoms with van der Waals surface area (Å²) in [6.45, 7) is 6.66. The first kappa shape index (κ1) is 17.5. The van der Waals surface area contributed by atoms with E-state index >= 15 is 0 Å². The molecule has 1 saturated heterocycles. The number of hydrogen-bond acceptors (Lipinski definition) is 6. The zero-order valence-electron chi connectivity index (χ0n) is 15.4. The van der Waals surface area contributed by atoms with Crippen molar-refractivity contribution < 1.29 is 4.74 Å². The van der Waals surface area contributed by atoms with Crippen molar-refractivity contribution in [3.8, 4) is 5.75 Å². The van der Waals surface area contributed by atoms with E-state index in [4.69, 9.17) is 4.74 Å². The molecule has 7 nitrogen and oxygen atoms in total. The summed E-state index contributed by atoms with van der Waals surface area (Å²) in [5, 5.41) is 0.992. The Labute approximate surface area is 157 Å². The van der Waals surface area contributed by atoms with Crippen LogP contribution in [-0.4, -0.2) is 52.6 Å². The molecule has 1 aliphatic heterocycles. The summed E-state index contributed by atoms with van der Waals surface area (Å²) in [5.41, 5.74) is 1.58. The van der Waals surface area contributed by atoms with Crippen molar-refractivity contribution in [2.45, 2.75) is 13.5 Å². The molecule has 7 heteroatoms.